The number of aryl methyl sites for hydroxylation is 1. The van der Waals surface area contributed by atoms with Gasteiger partial charge in [0, 0.05) is 12.2 Å². The molecule has 2 rings (SSSR count). The highest BCUT2D eigenvalue weighted by molar-refractivity contribution is 5.07. The Labute approximate surface area is 110 Å². The summed E-state index contributed by atoms with van der Waals surface area (Å²) in [5, 5.41) is 7.97. The number of allylic oxidation sites excluding steroid dienone is 1. The summed E-state index contributed by atoms with van der Waals surface area (Å²) in [5.41, 5.74) is 2.14. The van der Waals surface area contributed by atoms with Crippen LogP contribution in [0, 0.1) is 12.8 Å². The van der Waals surface area contributed by atoms with Gasteiger partial charge in [0.15, 0.2) is 0 Å². The van der Waals surface area contributed by atoms with Gasteiger partial charge in [-0.05, 0) is 39.7 Å². The summed E-state index contributed by atoms with van der Waals surface area (Å²) >= 11 is 0. The average Bonchev–Trinajstić information content (AvgIpc) is 2.88. The molecule has 0 bridgehead atoms. The zero-order chi connectivity index (χ0) is 13.7. The minimum absolute atomic E-state index is 0.338. The normalized spacial score (nSPS) is 18.0. The lowest BCUT2D eigenvalue weighted by Crippen LogP contribution is -2.05. The number of imidazole rings is 1. The standard InChI is InChI=1S/2C7H12N2/c1-6(2)9-4-7(3)8-5-9;1-5(2)7-4-6(3)8-9-7/h4-6H,1-3H3;4-5,7H,1-3H3. The number of nitrogens with zero attached hydrogens (tertiary/aromatic N) is 4. The maximum absolute atomic E-state index is 4.10. The molecule has 0 N–H and O–H groups in total. The largest absolute Gasteiger partial charge is 0.335 e. The molecule has 1 aliphatic rings. The van der Waals surface area contributed by atoms with Gasteiger partial charge in [-0.25, -0.2) is 4.98 Å². The lowest BCUT2D eigenvalue weighted by atomic mass is 10.1. The van der Waals surface area contributed by atoms with Crippen molar-refractivity contribution in [1.29, 1.82) is 0 Å². The van der Waals surface area contributed by atoms with Crippen LogP contribution in [0.1, 0.15) is 46.4 Å². The third-order valence-corrected chi connectivity index (χ3v) is 2.77. The minimum Gasteiger partial charge on any atom is -0.335 e. The Morgan fingerprint density at radius 1 is 1.17 bits per heavy atom. The minimum atomic E-state index is 0.338. The Balaban J connectivity index is 0.000000180. The molecule has 0 fully saturated rings. The summed E-state index contributed by atoms with van der Waals surface area (Å²) in [5.74, 6) is 0.589. The van der Waals surface area contributed by atoms with E-state index in [0.29, 0.717) is 18.0 Å². The summed E-state index contributed by atoms with van der Waals surface area (Å²) in [6.45, 7) is 12.6. The van der Waals surface area contributed by atoms with Crippen molar-refractivity contribution in [2.75, 3.05) is 0 Å². The van der Waals surface area contributed by atoms with E-state index in [4.69, 9.17) is 0 Å². The predicted molar refractivity (Wildman–Crippen MR) is 74.6 cm³/mol. The second-order valence-electron chi connectivity index (χ2n) is 5.31. The number of aromatic nitrogens is 2. The fourth-order valence-electron chi connectivity index (χ4n) is 1.52. The molecular weight excluding hydrogens is 224 g/mol. The van der Waals surface area contributed by atoms with Gasteiger partial charge in [-0.2, -0.15) is 10.2 Å². The van der Waals surface area contributed by atoms with Gasteiger partial charge in [-0.3, -0.25) is 0 Å². The summed E-state index contributed by atoms with van der Waals surface area (Å²) in [6.07, 6.45) is 6.01. The molecule has 0 saturated heterocycles. The van der Waals surface area contributed by atoms with Crippen molar-refractivity contribution >= 4 is 0 Å². The Kier molecular flexibility index (Phi) is 5.25. The molecule has 100 valence electrons. The van der Waals surface area contributed by atoms with E-state index < -0.39 is 0 Å². The van der Waals surface area contributed by atoms with Crippen LogP contribution in [0.5, 0.6) is 0 Å². The van der Waals surface area contributed by atoms with Crippen LogP contribution in [-0.2, 0) is 0 Å². The molecule has 18 heavy (non-hydrogen) atoms. The molecule has 0 aliphatic carbocycles. The molecule has 0 spiro atoms. The van der Waals surface area contributed by atoms with Gasteiger partial charge in [0.25, 0.3) is 0 Å². The molecule has 1 aliphatic heterocycles. The monoisotopic (exact) mass is 248 g/mol. The third-order valence-electron chi connectivity index (χ3n) is 2.77. The molecule has 4 heteroatoms. The summed E-state index contributed by atoms with van der Waals surface area (Å²) < 4.78 is 2.09. The van der Waals surface area contributed by atoms with Gasteiger partial charge >= 0.3 is 0 Å². The van der Waals surface area contributed by atoms with Crippen LogP contribution < -0.4 is 0 Å². The first-order chi connectivity index (χ1) is 8.40. The maximum Gasteiger partial charge on any atom is 0.0951 e. The smallest absolute Gasteiger partial charge is 0.0951 e. The molecular formula is C14H24N4. The van der Waals surface area contributed by atoms with Crippen molar-refractivity contribution in [3.8, 4) is 0 Å². The SMILES string of the molecule is CC1=CC(C(C)C)N=N1.Cc1cn(C(C)C)cn1. The van der Waals surface area contributed by atoms with Crippen molar-refractivity contribution in [2.45, 2.75) is 53.6 Å². The molecule has 1 unspecified atom stereocenters. The highest BCUT2D eigenvalue weighted by atomic mass is 15.2. The first-order valence-corrected chi connectivity index (χ1v) is 6.49. The van der Waals surface area contributed by atoms with Crippen LogP contribution in [0.25, 0.3) is 0 Å². The molecule has 4 nitrogen and oxygen atoms in total. The lowest BCUT2D eigenvalue weighted by Gasteiger charge is -2.04. The Hall–Kier alpha value is -1.45. The first kappa shape index (κ1) is 14.6. The van der Waals surface area contributed by atoms with E-state index >= 15 is 0 Å². The molecule has 2 heterocycles. The van der Waals surface area contributed by atoms with Crippen LogP contribution in [0.15, 0.2) is 34.5 Å². The van der Waals surface area contributed by atoms with Gasteiger partial charge in [-0.1, -0.05) is 13.8 Å². The van der Waals surface area contributed by atoms with Crippen LogP contribution in [0.3, 0.4) is 0 Å². The molecule has 0 amide bonds. The van der Waals surface area contributed by atoms with Gasteiger partial charge in [0.1, 0.15) is 0 Å². The first-order valence-electron chi connectivity index (χ1n) is 6.49. The van der Waals surface area contributed by atoms with Gasteiger partial charge in [0.05, 0.1) is 23.8 Å². The van der Waals surface area contributed by atoms with Crippen molar-refractivity contribution in [1.82, 2.24) is 9.55 Å². The average molecular weight is 248 g/mol. The number of hydrogen-bond donors (Lipinski definition) is 0. The summed E-state index contributed by atoms with van der Waals surface area (Å²) in [7, 11) is 0. The molecule has 0 aromatic carbocycles. The highest BCUT2D eigenvalue weighted by Gasteiger charge is 2.12. The van der Waals surface area contributed by atoms with Gasteiger partial charge in [0.2, 0.25) is 0 Å². The molecule has 0 saturated carbocycles. The molecule has 1 aromatic heterocycles. The molecule has 1 atom stereocenters. The molecule has 1 aromatic rings. The van der Waals surface area contributed by atoms with E-state index in [1.165, 1.54) is 0 Å². The van der Waals surface area contributed by atoms with E-state index in [1.807, 2.05) is 26.4 Å². The van der Waals surface area contributed by atoms with E-state index in [1.54, 1.807) is 0 Å². The maximum atomic E-state index is 4.10. The van der Waals surface area contributed by atoms with E-state index in [2.05, 4.69) is 53.6 Å². The zero-order valence-electron chi connectivity index (χ0n) is 12.3. The Morgan fingerprint density at radius 2 is 1.83 bits per heavy atom. The summed E-state index contributed by atoms with van der Waals surface area (Å²) in [6, 6.07) is 0.871. The number of azo groups is 1. The predicted octanol–water partition coefficient (Wildman–Crippen LogP) is 4.15. The second kappa shape index (κ2) is 6.47. The van der Waals surface area contributed by atoms with E-state index in [9.17, 15) is 0 Å². The van der Waals surface area contributed by atoms with Crippen LogP contribution in [0.4, 0.5) is 0 Å². The lowest BCUT2D eigenvalue weighted by molar-refractivity contribution is 0.567. The van der Waals surface area contributed by atoms with Crippen LogP contribution >= 0.6 is 0 Å². The van der Waals surface area contributed by atoms with Gasteiger partial charge in [-0.15, -0.1) is 0 Å². The fourth-order valence-corrected chi connectivity index (χ4v) is 1.52. The zero-order valence-corrected chi connectivity index (χ0v) is 12.3. The van der Waals surface area contributed by atoms with Crippen molar-refractivity contribution in [3.05, 3.63) is 30.0 Å². The topological polar surface area (TPSA) is 42.5 Å². The van der Waals surface area contributed by atoms with Crippen LogP contribution in [-0.4, -0.2) is 15.6 Å². The fraction of sp³-hybridized carbons (Fsp3) is 0.643. The Bertz CT molecular complexity index is 427. The highest BCUT2D eigenvalue weighted by Crippen LogP contribution is 2.17. The number of hydrogen-bond acceptors (Lipinski definition) is 3. The van der Waals surface area contributed by atoms with E-state index in [0.717, 1.165) is 11.4 Å². The van der Waals surface area contributed by atoms with Crippen molar-refractivity contribution < 1.29 is 0 Å². The van der Waals surface area contributed by atoms with Gasteiger partial charge < -0.3 is 4.57 Å². The number of rotatable bonds is 2. The molecule has 0 radical (unpaired) electrons. The van der Waals surface area contributed by atoms with Crippen LogP contribution in [0.2, 0.25) is 0 Å². The van der Waals surface area contributed by atoms with Crippen molar-refractivity contribution in [2.24, 2.45) is 16.1 Å². The summed E-state index contributed by atoms with van der Waals surface area (Å²) in [4.78, 5) is 4.10. The second-order valence-corrected chi connectivity index (χ2v) is 5.31. The van der Waals surface area contributed by atoms with Crippen molar-refractivity contribution in [3.63, 3.8) is 0 Å². The Morgan fingerprint density at radius 3 is 2.06 bits per heavy atom. The third kappa shape index (κ3) is 4.43. The van der Waals surface area contributed by atoms with E-state index in [-0.39, 0.29) is 0 Å². The quantitative estimate of drug-likeness (QED) is 0.775.